The molecule has 17 heavy (non-hydrogen) atoms. The fraction of sp³-hybridized carbons (Fsp3) is 0.357. The lowest BCUT2D eigenvalue weighted by atomic mass is 10.1. The second kappa shape index (κ2) is 4.72. The molecule has 0 bridgehead atoms. The number of amides is 1. The molecule has 3 nitrogen and oxygen atoms in total. The number of nitrogens with two attached hydrogens (primary N) is 1. The van der Waals surface area contributed by atoms with Crippen LogP contribution in [0.15, 0.2) is 30.4 Å². The van der Waals surface area contributed by atoms with Crippen LogP contribution >= 0.6 is 0 Å². The highest BCUT2D eigenvalue weighted by Crippen LogP contribution is 2.20. The van der Waals surface area contributed by atoms with Crippen molar-refractivity contribution in [2.24, 2.45) is 11.7 Å². The van der Waals surface area contributed by atoms with Gasteiger partial charge in [0.15, 0.2) is 0 Å². The van der Waals surface area contributed by atoms with Gasteiger partial charge in [0.1, 0.15) is 0 Å². The molecule has 1 amide bonds. The summed E-state index contributed by atoms with van der Waals surface area (Å²) >= 11 is 0. The number of rotatable bonds is 2. The van der Waals surface area contributed by atoms with E-state index >= 15 is 0 Å². The third-order valence-corrected chi connectivity index (χ3v) is 2.94. The van der Waals surface area contributed by atoms with Gasteiger partial charge in [-0.3, -0.25) is 4.79 Å². The Morgan fingerprint density at radius 3 is 2.41 bits per heavy atom. The maximum Gasteiger partial charge on any atom is 0.231 e. The molecule has 1 aromatic carbocycles. The minimum absolute atomic E-state index is 0.0185. The zero-order valence-electron chi connectivity index (χ0n) is 10.2. The molecule has 0 aromatic heterocycles. The van der Waals surface area contributed by atoms with Crippen molar-refractivity contribution in [1.29, 1.82) is 0 Å². The van der Waals surface area contributed by atoms with Gasteiger partial charge in [0.05, 0.1) is 5.92 Å². The molecule has 2 rings (SSSR count). The van der Waals surface area contributed by atoms with Crippen LogP contribution in [-0.4, -0.2) is 11.9 Å². The highest BCUT2D eigenvalue weighted by Gasteiger charge is 2.22. The summed E-state index contributed by atoms with van der Waals surface area (Å²) in [6, 6.07) is 6.05. The zero-order valence-corrected chi connectivity index (χ0v) is 10.2. The molecule has 0 radical (unpaired) electrons. The van der Waals surface area contributed by atoms with Crippen molar-refractivity contribution in [2.75, 3.05) is 5.32 Å². The van der Waals surface area contributed by atoms with Gasteiger partial charge in [-0.15, -0.1) is 0 Å². The lowest BCUT2D eigenvalue weighted by Crippen LogP contribution is -2.24. The number of carbonyl (C=O) groups excluding carboxylic acids is 1. The number of anilines is 1. The van der Waals surface area contributed by atoms with Crippen LogP contribution in [0, 0.1) is 19.8 Å². The lowest BCUT2D eigenvalue weighted by Gasteiger charge is -2.11. The van der Waals surface area contributed by atoms with Crippen LogP contribution in [0.3, 0.4) is 0 Å². The van der Waals surface area contributed by atoms with E-state index in [0.29, 0.717) is 6.42 Å². The summed E-state index contributed by atoms with van der Waals surface area (Å²) < 4.78 is 0. The fourth-order valence-electron chi connectivity index (χ4n) is 2.20. The number of nitrogens with one attached hydrogen (secondary N) is 1. The van der Waals surface area contributed by atoms with E-state index in [1.54, 1.807) is 0 Å². The minimum Gasteiger partial charge on any atom is -0.326 e. The van der Waals surface area contributed by atoms with E-state index in [0.717, 1.165) is 16.8 Å². The van der Waals surface area contributed by atoms with Crippen molar-refractivity contribution in [3.8, 4) is 0 Å². The van der Waals surface area contributed by atoms with Crippen LogP contribution < -0.4 is 11.1 Å². The first-order valence-electron chi connectivity index (χ1n) is 5.87. The van der Waals surface area contributed by atoms with Gasteiger partial charge >= 0.3 is 0 Å². The molecule has 0 saturated carbocycles. The van der Waals surface area contributed by atoms with E-state index in [2.05, 4.69) is 11.4 Å². The van der Waals surface area contributed by atoms with E-state index in [1.807, 2.05) is 38.1 Å². The molecule has 90 valence electrons. The SMILES string of the molecule is Cc1cc(C)cc(NC(=O)C2C=CC(N)C2)c1. The van der Waals surface area contributed by atoms with Gasteiger partial charge in [0, 0.05) is 11.7 Å². The highest BCUT2D eigenvalue weighted by atomic mass is 16.1. The Kier molecular flexibility index (Phi) is 3.29. The number of hydrogen-bond donors (Lipinski definition) is 2. The summed E-state index contributed by atoms with van der Waals surface area (Å²) in [6.45, 7) is 4.04. The molecule has 0 heterocycles. The van der Waals surface area contributed by atoms with Crippen LogP contribution in [0.25, 0.3) is 0 Å². The molecule has 1 aliphatic carbocycles. The largest absolute Gasteiger partial charge is 0.326 e. The van der Waals surface area contributed by atoms with Gasteiger partial charge in [-0.05, 0) is 43.5 Å². The van der Waals surface area contributed by atoms with Gasteiger partial charge < -0.3 is 11.1 Å². The lowest BCUT2D eigenvalue weighted by molar-refractivity contribution is -0.118. The van der Waals surface area contributed by atoms with Crippen molar-refractivity contribution in [1.82, 2.24) is 0 Å². The minimum atomic E-state index is -0.0918. The van der Waals surface area contributed by atoms with Gasteiger partial charge in [0.25, 0.3) is 0 Å². The molecule has 0 spiro atoms. The maximum absolute atomic E-state index is 12.0. The first-order chi connectivity index (χ1) is 8.04. The van der Waals surface area contributed by atoms with Crippen molar-refractivity contribution in [3.63, 3.8) is 0 Å². The zero-order chi connectivity index (χ0) is 12.4. The van der Waals surface area contributed by atoms with E-state index in [9.17, 15) is 4.79 Å². The number of carbonyl (C=O) groups is 1. The summed E-state index contributed by atoms with van der Waals surface area (Å²) in [5, 5.41) is 2.94. The molecule has 0 saturated heterocycles. The number of aryl methyl sites for hydroxylation is 2. The fourth-order valence-corrected chi connectivity index (χ4v) is 2.20. The van der Waals surface area contributed by atoms with Crippen LogP contribution in [-0.2, 0) is 4.79 Å². The number of hydrogen-bond acceptors (Lipinski definition) is 2. The third kappa shape index (κ3) is 2.94. The molecule has 3 N–H and O–H groups in total. The van der Waals surface area contributed by atoms with Crippen molar-refractivity contribution in [2.45, 2.75) is 26.3 Å². The Hall–Kier alpha value is -1.61. The average Bonchev–Trinajstić information content (AvgIpc) is 2.63. The molecule has 2 unspecified atom stereocenters. The predicted molar refractivity (Wildman–Crippen MR) is 69.8 cm³/mol. The standard InChI is InChI=1S/C14H18N2O/c1-9-5-10(2)7-13(6-9)16-14(17)11-3-4-12(15)8-11/h3-7,11-12H,8,15H2,1-2H3,(H,16,17). The van der Waals surface area contributed by atoms with Crippen LogP contribution in [0.1, 0.15) is 17.5 Å². The average molecular weight is 230 g/mol. The highest BCUT2D eigenvalue weighted by molar-refractivity contribution is 5.94. The summed E-state index contributed by atoms with van der Waals surface area (Å²) in [5.74, 6) is -0.0648. The van der Waals surface area contributed by atoms with Gasteiger partial charge in [-0.25, -0.2) is 0 Å². The molecule has 3 heteroatoms. The van der Waals surface area contributed by atoms with E-state index < -0.39 is 0 Å². The molecule has 0 aliphatic heterocycles. The summed E-state index contributed by atoms with van der Waals surface area (Å²) in [6.07, 6.45) is 4.49. The van der Waals surface area contributed by atoms with E-state index in [-0.39, 0.29) is 17.9 Å². The molecule has 1 aliphatic rings. The second-order valence-electron chi connectivity index (χ2n) is 4.76. The monoisotopic (exact) mass is 230 g/mol. The van der Waals surface area contributed by atoms with Gasteiger partial charge in [0.2, 0.25) is 5.91 Å². The quantitative estimate of drug-likeness (QED) is 0.765. The Labute approximate surface area is 102 Å². The molecular weight excluding hydrogens is 212 g/mol. The Bertz CT molecular complexity index is 445. The smallest absolute Gasteiger partial charge is 0.231 e. The third-order valence-electron chi connectivity index (χ3n) is 2.94. The number of benzene rings is 1. The van der Waals surface area contributed by atoms with Gasteiger partial charge in [-0.1, -0.05) is 18.2 Å². The van der Waals surface area contributed by atoms with E-state index in [4.69, 9.17) is 5.73 Å². The second-order valence-corrected chi connectivity index (χ2v) is 4.76. The molecule has 2 atom stereocenters. The summed E-state index contributed by atoms with van der Waals surface area (Å²) in [7, 11) is 0. The molecular formula is C14H18N2O. The topological polar surface area (TPSA) is 55.1 Å². The predicted octanol–water partition coefficient (Wildman–Crippen LogP) is 2.15. The normalized spacial score (nSPS) is 22.8. The van der Waals surface area contributed by atoms with Gasteiger partial charge in [-0.2, -0.15) is 0 Å². The maximum atomic E-state index is 12.0. The van der Waals surface area contributed by atoms with Crippen molar-refractivity contribution >= 4 is 11.6 Å². The van der Waals surface area contributed by atoms with E-state index in [1.165, 1.54) is 0 Å². The van der Waals surface area contributed by atoms with Crippen LogP contribution in [0.2, 0.25) is 0 Å². The Morgan fingerprint density at radius 2 is 1.88 bits per heavy atom. The van der Waals surface area contributed by atoms with Crippen molar-refractivity contribution in [3.05, 3.63) is 41.5 Å². The Balaban J connectivity index is 2.05. The van der Waals surface area contributed by atoms with Crippen LogP contribution in [0.4, 0.5) is 5.69 Å². The first-order valence-corrected chi connectivity index (χ1v) is 5.87. The Morgan fingerprint density at radius 1 is 1.24 bits per heavy atom. The van der Waals surface area contributed by atoms with Crippen molar-refractivity contribution < 1.29 is 4.79 Å². The summed E-state index contributed by atoms with van der Waals surface area (Å²) in [4.78, 5) is 12.0. The summed E-state index contributed by atoms with van der Waals surface area (Å²) in [5.41, 5.74) is 8.90. The molecule has 0 fully saturated rings. The van der Waals surface area contributed by atoms with Crippen LogP contribution in [0.5, 0.6) is 0 Å². The molecule has 1 aromatic rings. The first kappa shape index (κ1) is 11.9.